The van der Waals surface area contributed by atoms with Crippen LogP contribution < -0.4 is 10.1 Å². The molecular formula is C15H21N3O. The first-order valence-corrected chi connectivity index (χ1v) is 6.85. The van der Waals surface area contributed by atoms with E-state index in [1.54, 1.807) is 6.20 Å². The van der Waals surface area contributed by atoms with Crippen molar-refractivity contribution in [1.82, 2.24) is 9.55 Å². The molecule has 0 spiro atoms. The first-order valence-electron chi connectivity index (χ1n) is 6.85. The second-order valence-corrected chi connectivity index (χ2v) is 4.39. The molecule has 0 aliphatic heterocycles. The molecule has 102 valence electrons. The van der Waals surface area contributed by atoms with E-state index in [1.807, 2.05) is 35.0 Å². The van der Waals surface area contributed by atoms with Crippen molar-refractivity contribution < 1.29 is 4.74 Å². The Morgan fingerprint density at radius 1 is 1.16 bits per heavy atom. The summed E-state index contributed by atoms with van der Waals surface area (Å²) < 4.78 is 7.62. The quantitative estimate of drug-likeness (QED) is 0.827. The van der Waals surface area contributed by atoms with E-state index in [0.29, 0.717) is 0 Å². The number of nitrogens with one attached hydrogen (secondary N) is 1. The van der Waals surface area contributed by atoms with Crippen molar-refractivity contribution in [2.75, 3.05) is 18.5 Å². The van der Waals surface area contributed by atoms with E-state index in [4.69, 9.17) is 4.74 Å². The Labute approximate surface area is 114 Å². The van der Waals surface area contributed by atoms with Gasteiger partial charge < -0.3 is 10.1 Å². The minimum Gasteiger partial charge on any atom is -0.494 e. The van der Waals surface area contributed by atoms with Crippen molar-refractivity contribution in [3.8, 4) is 11.4 Å². The minimum absolute atomic E-state index is 0.758. The molecule has 1 aromatic carbocycles. The molecule has 0 bridgehead atoms. The van der Waals surface area contributed by atoms with Gasteiger partial charge in [0.2, 0.25) is 5.95 Å². The van der Waals surface area contributed by atoms with Crippen LogP contribution in [0.25, 0.3) is 5.69 Å². The van der Waals surface area contributed by atoms with Crippen LogP contribution in [0.2, 0.25) is 0 Å². The van der Waals surface area contributed by atoms with E-state index in [0.717, 1.165) is 43.4 Å². The van der Waals surface area contributed by atoms with Crippen molar-refractivity contribution in [2.45, 2.75) is 26.7 Å². The summed E-state index contributed by atoms with van der Waals surface area (Å²) >= 11 is 0. The molecule has 0 atom stereocenters. The van der Waals surface area contributed by atoms with E-state index in [2.05, 4.69) is 24.1 Å². The number of rotatable bonds is 7. The summed E-state index contributed by atoms with van der Waals surface area (Å²) in [6.45, 7) is 5.92. The first kappa shape index (κ1) is 13.5. The third-order valence-electron chi connectivity index (χ3n) is 2.76. The standard InChI is InChI=1S/C15H21N3O/c1-3-9-16-15-17-10-11-18(15)13-5-7-14(8-6-13)19-12-4-2/h5-8,10-11H,3-4,9,12H2,1-2H3,(H,16,17). The van der Waals surface area contributed by atoms with E-state index in [-0.39, 0.29) is 0 Å². The zero-order valence-electron chi connectivity index (χ0n) is 11.6. The monoisotopic (exact) mass is 259 g/mol. The number of benzene rings is 1. The van der Waals surface area contributed by atoms with Gasteiger partial charge in [0, 0.05) is 24.6 Å². The highest BCUT2D eigenvalue weighted by atomic mass is 16.5. The SMILES string of the molecule is CCCNc1nccn1-c1ccc(OCCC)cc1. The predicted molar refractivity (Wildman–Crippen MR) is 78.1 cm³/mol. The Bertz CT molecular complexity index is 490. The molecular weight excluding hydrogens is 238 g/mol. The van der Waals surface area contributed by atoms with Crippen molar-refractivity contribution in [3.63, 3.8) is 0 Å². The van der Waals surface area contributed by atoms with Crippen LogP contribution in [0, 0.1) is 0 Å². The molecule has 0 unspecified atom stereocenters. The van der Waals surface area contributed by atoms with E-state index >= 15 is 0 Å². The fourth-order valence-corrected chi connectivity index (χ4v) is 1.80. The van der Waals surface area contributed by atoms with Crippen LogP contribution in [-0.4, -0.2) is 22.7 Å². The minimum atomic E-state index is 0.758. The molecule has 2 aromatic rings. The lowest BCUT2D eigenvalue weighted by molar-refractivity contribution is 0.317. The molecule has 0 fully saturated rings. The Morgan fingerprint density at radius 3 is 2.63 bits per heavy atom. The van der Waals surface area contributed by atoms with Gasteiger partial charge in [0.15, 0.2) is 0 Å². The molecule has 4 nitrogen and oxygen atoms in total. The van der Waals surface area contributed by atoms with E-state index in [9.17, 15) is 0 Å². The normalized spacial score (nSPS) is 10.4. The maximum atomic E-state index is 5.58. The van der Waals surface area contributed by atoms with Crippen LogP contribution in [0.3, 0.4) is 0 Å². The topological polar surface area (TPSA) is 39.1 Å². The molecule has 0 aliphatic carbocycles. The molecule has 1 aromatic heterocycles. The summed E-state index contributed by atoms with van der Waals surface area (Å²) in [6.07, 6.45) is 5.87. The summed E-state index contributed by atoms with van der Waals surface area (Å²) in [4.78, 5) is 4.32. The van der Waals surface area contributed by atoms with Gasteiger partial charge in [-0.3, -0.25) is 4.57 Å². The van der Waals surface area contributed by atoms with Gasteiger partial charge in [-0.25, -0.2) is 4.98 Å². The molecule has 0 amide bonds. The molecule has 0 radical (unpaired) electrons. The summed E-state index contributed by atoms with van der Waals surface area (Å²) in [7, 11) is 0. The number of nitrogens with zero attached hydrogens (tertiary/aromatic N) is 2. The highest BCUT2D eigenvalue weighted by Gasteiger charge is 2.04. The maximum Gasteiger partial charge on any atom is 0.207 e. The Kier molecular flexibility index (Phi) is 4.84. The summed E-state index contributed by atoms with van der Waals surface area (Å²) in [5.74, 6) is 1.79. The number of hydrogen-bond donors (Lipinski definition) is 1. The number of anilines is 1. The fourth-order valence-electron chi connectivity index (χ4n) is 1.80. The van der Waals surface area contributed by atoms with Crippen molar-refractivity contribution >= 4 is 5.95 Å². The zero-order chi connectivity index (χ0) is 13.5. The number of ether oxygens (including phenoxy) is 1. The highest BCUT2D eigenvalue weighted by Crippen LogP contribution is 2.18. The lowest BCUT2D eigenvalue weighted by Crippen LogP contribution is -2.06. The first-order chi connectivity index (χ1) is 9.35. The third kappa shape index (κ3) is 3.50. The average Bonchev–Trinajstić information content (AvgIpc) is 2.92. The van der Waals surface area contributed by atoms with Gasteiger partial charge in [-0.15, -0.1) is 0 Å². The zero-order valence-corrected chi connectivity index (χ0v) is 11.6. The molecule has 1 heterocycles. The van der Waals surface area contributed by atoms with Gasteiger partial charge in [0.1, 0.15) is 5.75 Å². The summed E-state index contributed by atoms with van der Waals surface area (Å²) in [6, 6.07) is 8.08. The summed E-state index contributed by atoms with van der Waals surface area (Å²) in [5, 5.41) is 3.31. The van der Waals surface area contributed by atoms with Crippen LogP contribution in [0.4, 0.5) is 5.95 Å². The van der Waals surface area contributed by atoms with Gasteiger partial charge in [0.25, 0.3) is 0 Å². The van der Waals surface area contributed by atoms with Gasteiger partial charge in [-0.05, 0) is 37.1 Å². The van der Waals surface area contributed by atoms with E-state index < -0.39 is 0 Å². The molecule has 0 saturated carbocycles. The van der Waals surface area contributed by atoms with Crippen LogP contribution >= 0.6 is 0 Å². The molecule has 19 heavy (non-hydrogen) atoms. The van der Waals surface area contributed by atoms with Crippen LogP contribution in [0.5, 0.6) is 5.75 Å². The van der Waals surface area contributed by atoms with Gasteiger partial charge in [-0.2, -0.15) is 0 Å². The molecule has 0 saturated heterocycles. The smallest absolute Gasteiger partial charge is 0.207 e. The van der Waals surface area contributed by atoms with Gasteiger partial charge in [0.05, 0.1) is 6.61 Å². The second kappa shape index (κ2) is 6.83. The molecule has 2 rings (SSSR count). The predicted octanol–water partition coefficient (Wildman–Crippen LogP) is 3.48. The van der Waals surface area contributed by atoms with Crippen LogP contribution in [-0.2, 0) is 0 Å². The molecule has 1 N–H and O–H groups in total. The number of imidazole rings is 1. The lowest BCUT2D eigenvalue weighted by Gasteiger charge is -2.10. The Morgan fingerprint density at radius 2 is 1.95 bits per heavy atom. The van der Waals surface area contributed by atoms with Crippen LogP contribution in [0.1, 0.15) is 26.7 Å². The van der Waals surface area contributed by atoms with Crippen molar-refractivity contribution in [2.24, 2.45) is 0 Å². The van der Waals surface area contributed by atoms with Gasteiger partial charge in [-0.1, -0.05) is 13.8 Å². The number of aromatic nitrogens is 2. The Balaban J connectivity index is 2.11. The highest BCUT2D eigenvalue weighted by molar-refractivity contribution is 5.44. The third-order valence-corrected chi connectivity index (χ3v) is 2.76. The summed E-state index contributed by atoms with van der Waals surface area (Å²) in [5.41, 5.74) is 1.08. The lowest BCUT2D eigenvalue weighted by atomic mass is 10.3. The van der Waals surface area contributed by atoms with E-state index in [1.165, 1.54) is 0 Å². The molecule has 0 aliphatic rings. The Hall–Kier alpha value is -1.97. The van der Waals surface area contributed by atoms with Crippen molar-refractivity contribution in [3.05, 3.63) is 36.7 Å². The molecule has 4 heteroatoms. The number of hydrogen-bond acceptors (Lipinski definition) is 3. The fraction of sp³-hybridized carbons (Fsp3) is 0.400. The van der Waals surface area contributed by atoms with Gasteiger partial charge >= 0.3 is 0 Å². The maximum absolute atomic E-state index is 5.58. The average molecular weight is 259 g/mol. The largest absolute Gasteiger partial charge is 0.494 e. The van der Waals surface area contributed by atoms with Crippen molar-refractivity contribution in [1.29, 1.82) is 0 Å². The second-order valence-electron chi connectivity index (χ2n) is 4.39. The van der Waals surface area contributed by atoms with Crippen LogP contribution in [0.15, 0.2) is 36.7 Å².